The Morgan fingerprint density at radius 3 is 2.65 bits per heavy atom. The van der Waals surface area contributed by atoms with Gasteiger partial charge in [0.2, 0.25) is 0 Å². The molecule has 0 atom stereocenters. The van der Waals surface area contributed by atoms with Crippen molar-refractivity contribution in [3.8, 4) is 0 Å². The number of hydrogen-bond donors (Lipinski definition) is 1. The van der Waals surface area contributed by atoms with Gasteiger partial charge < -0.3 is 14.8 Å². The Kier molecular flexibility index (Phi) is 6.70. The third-order valence-corrected chi connectivity index (χ3v) is 2.79. The summed E-state index contributed by atoms with van der Waals surface area (Å²) < 4.78 is 22.7. The van der Waals surface area contributed by atoms with E-state index in [0.29, 0.717) is 13.2 Å². The van der Waals surface area contributed by atoms with Gasteiger partial charge in [0.25, 0.3) is 5.91 Å². The zero-order valence-corrected chi connectivity index (χ0v) is 12.1. The summed E-state index contributed by atoms with van der Waals surface area (Å²) in [5.74, 6) is -2.21. The van der Waals surface area contributed by atoms with Crippen molar-refractivity contribution < 1.29 is 23.5 Å². The Labute approximate surface area is 124 Å². The lowest BCUT2D eigenvalue weighted by molar-refractivity contribution is -0.124. The molecular weight excluding hydrogens is 312 g/mol. The Hall–Kier alpha value is -1.37. The first kappa shape index (κ1) is 16.7. The van der Waals surface area contributed by atoms with Crippen molar-refractivity contribution in [1.82, 2.24) is 5.32 Å². The summed E-state index contributed by atoms with van der Waals surface area (Å²) in [6.07, 6.45) is 0. The summed E-state index contributed by atoms with van der Waals surface area (Å²) in [7, 11) is 1.49. The lowest BCUT2D eigenvalue weighted by Crippen LogP contribution is -2.31. The second-order valence-electron chi connectivity index (χ2n) is 3.67. The highest BCUT2D eigenvalue weighted by molar-refractivity contribution is 6.36. The van der Waals surface area contributed by atoms with Gasteiger partial charge in [0.05, 0.1) is 22.2 Å². The van der Waals surface area contributed by atoms with E-state index in [-0.39, 0.29) is 15.6 Å². The minimum absolute atomic E-state index is 0.0545. The smallest absolute Gasteiger partial charge is 0.340 e. The van der Waals surface area contributed by atoms with E-state index in [2.05, 4.69) is 5.32 Å². The number of ether oxygens (including phenoxy) is 2. The van der Waals surface area contributed by atoms with E-state index in [0.717, 1.165) is 12.1 Å². The molecule has 0 aromatic heterocycles. The number of hydrogen-bond acceptors (Lipinski definition) is 4. The van der Waals surface area contributed by atoms with Crippen molar-refractivity contribution in [1.29, 1.82) is 0 Å². The molecule has 8 heteroatoms. The Bertz CT molecular complexity index is 510. The lowest BCUT2D eigenvalue weighted by Gasteiger charge is -2.07. The van der Waals surface area contributed by atoms with Crippen LogP contribution in [0.15, 0.2) is 12.1 Å². The molecule has 1 rings (SSSR count). The maximum atomic E-state index is 13.2. The molecule has 0 saturated carbocycles. The molecule has 0 aliphatic carbocycles. The molecule has 0 spiro atoms. The van der Waals surface area contributed by atoms with Gasteiger partial charge in [-0.05, 0) is 12.1 Å². The van der Waals surface area contributed by atoms with Crippen LogP contribution in [-0.2, 0) is 14.3 Å². The predicted octanol–water partition coefficient (Wildman–Crippen LogP) is 2.05. The largest absolute Gasteiger partial charge is 0.452 e. The predicted molar refractivity (Wildman–Crippen MR) is 71.6 cm³/mol. The minimum Gasteiger partial charge on any atom is -0.452 e. The molecule has 0 bridgehead atoms. The van der Waals surface area contributed by atoms with Crippen LogP contribution >= 0.6 is 23.2 Å². The van der Waals surface area contributed by atoms with Crippen molar-refractivity contribution in [2.45, 2.75) is 0 Å². The highest BCUT2D eigenvalue weighted by Crippen LogP contribution is 2.24. The van der Waals surface area contributed by atoms with Crippen LogP contribution in [0.3, 0.4) is 0 Å². The molecule has 0 unspecified atom stereocenters. The first-order valence-corrected chi connectivity index (χ1v) is 6.28. The standard InChI is InChI=1S/C12H12Cl2FNO4/c1-19-3-2-16-11(17)6-20-12(18)7-4-10(15)9(14)5-8(7)13/h4-5H,2-3,6H2,1H3,(H,16,17). The molecule has 0 aliphatic heterocycles. The quantitative estimate of drug-likeness (QED) is 0.494. The van der Waals surface area contributed by atoms with Crippen molar-refractivity contribution in [3.05, 3.63) is 33.6 Å². The fraction of sp³-hybridized carbons (Fsp3) is 0.333. The van der Waals surface area contributed by atoms with Gasteiger partial charge in [0, 0.05) is 13.7 Å². The normalized spacial score (nSPS) is 10.2. The molecule has 5 nitrogen and oxygen atoms in total. The molecule has 0 saturated heterocycles. The van der Waals surface area contributed by atoms with E-state index in [1.807, 2.05) is 0 Å². The Balaban J connectivity index is 2.55. The van der Waals surface area contributed by atoms with Gasteiger partial charge in [0.1, 0.15) is 5.82 Å². The number of carbonyl (C=O) groups is 2. The molecule has 1 amide bonds. The van der Waals surface area contributed by atoms with E-state index in [1.165, 1.54) is 7.11 Å². The highest BCUT2D eigenvalue weighted by Gasteiger charge is 2.16. The van der Waals surface area contributed by atoms with Crippen LogP contribution in [0.4, 0.5) is 4.39 Å². The van der Waals surface area contributed by atoms with E-state index >= 15 is 0 Å². The van der Waals surface area contributed by atoms with Gasteiger partial charge in [-0.15, -0.1) is 0 Å². The van der Waals surface area contributed by atoms with Crippen LogP contribution in [0.1, 0.15) is 10.4 Å². The average molecular weight is 324 g/mol. The average Bonchev–Trinajstić information content (AvgIpc) is 2.40. The van der Waals surface area contributed by atoms with E-state index in [4.69, 9.17) is 32.7 Å². The number of carbonyl (C=O) groups excluding carboxylic acids is 2. The molecule has 1 aromatic carbocycles. The number of rotatable bonds is 6. The van der Waals surface area contributed by atoms with Crippen molar-refractivity contribution in [2.75, 3.05) is 26.9 Å². The second-order valence-corrected chi connectivity index (χ2v) is 4.48. The monoisotopic (exact) mass is 323 g/mol. The van der Waals surface area contributed by atoms with E-state index < -0.39 is 24.3 Å². The van der Waals surface area contributed by atoms with E-state index in [9.17, 15) is 14.0 Å². The zero-order valence-electron chi connectivity index (χ0n) is 10.5. The van der Waals surface area contributed by atoms with Gasteiger partial charge in [-0.3, -0.25) is 4.79 Å². The molecule has 20 heavy (non-hydrogen) atoms. The van der Waals surface area contributed by atoms with Crippen LogP contribution in [0.25, 0.3) is 0 Å². The summed E-state index contributed by atoms with van der Waals surface area (Å²) in [6, 6.07) is 1.95. The van der Waals surface area contributed by atoms with Gasteiger partial charge in [-0.2, -0.15) is 0 Å². The number of methoxy groups -OCH3 is 1. The van der Waals surface area contributed by atoms with Crippen LogP contribution < -0.4 is 5.32 Å². The first-order chi connectivity index (χ1) is 9.45. The highest BCUT2D eigenvalue weighted by atomic mass is 35.5. The van der Waals surface area contributed by atoms with Crippen LogP contribution in [0.2, 0.25) is 10.0 Å². The number of halogens is 3. The minimum atomic E-state index is -0.910. The molecule has 110 valence electrons. The van der Waals surface area contributed by atoms with E-state index in [1.54, 1.807) is 0 Å². The van der Waals surface area contributed by atoms with Gasteiger partial charge in [-0.1, -0.05) is 23.2 Å². The SMILES string of the molecule is COCCNC(=O)COC(=O)c1cc(F)c(Cl)cc1Cl. The molecule has 0 heterocycles. The maximum absolute atomic E-state index is 13.2. The van der Waals surface area contributed by atoms with Crippen LogP contribution in [0.5, 0.6) is 0 Å². The summed E-state index contributed by atoms with van der Waals surface area (Å²) >= 11 is 11.2. The molecule has 1 aromatic rings. The Morgan fingerprint density at radius 1 is 1.30 bits per heavy atom. The number of nitrogens with one attached hydrogen (secondary N) is 1. The van der Waals surface area contributed by atoms with Crippen molar-refractivity contribution in [3.63, 3.8) is 0 Å². The molecule has 0 aliphatic rings. The van der Waals surface area contributed by atoms with Crippen LogP contribution in [-0.4, -0.2) is 38.7 Å². The molecular formula is C12H12Cl2FNO4. The summed E-state index contributed by atoms with van der Waals surface area (Å²) in [5.41, 5.74) is -0.196. The van der Waals surface area contributed by atoms with Gasteiger partial charge in [0.15, 0.2) is 6.61 Å². The summed E-state index contributed by atoms with van der Waals surface area (Å²) in [4.78, 5) is 22.9. The maximum Gasteiger partial charge on any atom is 0.340 e. The summed E-state index contributed by atoms with van der Waals surface area (Å²) in [6.45, 7) is 0.139. The van der Waals surface area contributed by atoms with Gasteiger partial charge in [-0.25, -0.2) is 9.18 Å². The molecule has 0 fully saturated rings. The third kappa shape index (κ3) is 4.96. The number of benzene rings is 1. The Morgan fingerprint density at radius 2 is 2.00 bits per heavy atom. The first-order valence-electron chi connectivity index (χ1n) is 5.53. The zero-order chi connectivity index (χ0) is 15.1. The molecule has 0 radical (unpaired) electrons. The lowest BCUT2D eigenvalue weighted by atomic mass is 10.2. The van der Waals surface area contributed by atoms with Crippen molar-refractivity contribution in [2.24, 2.45) is 0 Å². The third-order valence-electron chi connectivity index (χ3n) is 2.19. The fourth-order valence-electron chi connectivity index (χ4n) is 1.23. The van der Waals surface area contributed by atoms with Gasteiger partial charge >= 0.3 is 5.97 Å². The second kappa shape index (κ2) is 8.04. The van der Waals surface area contributed by atoms with Crippen molar-refractivity contribution >= 4 is 35.1 Å². The molecule has 1 N–H and O–H groups in total. The summed E-state index contributed by atoms with van der Waals surface area (Å²) in [5, 5.41) is 2.20. The van der Waals surface area contributed by atoms with Crippen LogP contribution in [0, 0.1) is 5.82 Å². The topological polar surface area (TPSA) is 64.6 Å². The number of amides is 1. The fourth-order valence-corrected chi connectivity index (χ4v) is 1.69. The number of esters is 1.